The van der Waals surface area contributed by atoms with Gasteiger partial charge in [0, 0.05) is 36.1 Å². The number of nitrogens with zero attached hydrogens (tertiary/aromatic N) is 1. The molecule has 0 heterocycles. The summed E-state index contributed by atoms with van der Waals surface area (Å²) in [6.45, 7) is 2.97. The molecule has 0 saturated carbocycles. The van der Waals surface area contributed by atoms with Crippen molar-refractivity contribution in [1.82, 2.24) is 0 Å². The lowest BCUT2D eigenvalue weighted by Gasteiger charge is -2.20. The predicted octanol–water partition coefficient (Wildman–Crippen LogP) is 3.16. The zero-order valence-corrected chi connectivity index (χ0v) is 11.6. The molecule has 1 aromatic carbocycles. The topological polar surface area (TPSA) is 29.3 Å². The van der Waals surface area contributed by atoms with Crippen molar-refractivity contribution in [3.05, 3.63) is 28.8 Å². The lowest BCUT2D eigenvalue weighted by molar-refractivity contribution is 0.818. The zero-order chi connectivity index (χ0) is 12.1. The molecule has 0 amide bonds. The minimum absolute atomic E-state index is 0.0157. The van der Waals surface area contributed by atoms with Gasteiger partial charge in [-0.25, -0.2) is 0 Å². The van der Waals surface area contributed by atoms with E-state index in [0.717, 1.165) is 28.6 Å². The SMILES string of the molecule is CSCCN(C)c1ccc(C(C)N)c(Cl)c1. The van der Waals surface area contributed by atoms with Crippen molar-refractivity contribution in [2.45, 2.75) is 13.0 Å². The van der Waals surface area contributed by atoms with Crippen LogP contribution in [0.3, 0.4) is 0 Å². The molecule has 1 unspecified atom stereocenters. The van der Waals surface area contributed by atoms with E-state index in [-0.39, 0.29) is 6.04 Å². The van der Waals surface area contributed by atoms with E-state index < -0.39 is 0 Å². The molecule has 1 rings (SSSR count). The number of thioether (sulfide) groups is 1. The van der Waals surface area contributed by atoms with Crippen molar-refractivity contribution >= 4 is 29.1 Å². The number of hydrogen-bond donors (Lipinski definition) is 1. The molecular formula is C12H19ClN2S. The van der Waals surface area contributed by atoms with Gasteiger partial charge in [0.05, 0.1) is 0 Å². The highest BCUT2D eigenvalue weighted by atomic mass is 35.5. The van der Waals surface area contributed by atoms with E-state index in [0.29, 0.717) is 0 Å². The molecule has 2 N–H and O–H groups in total. The molecule has 0 radical (unpaired) electrons. The van der Waals surface area contributed by atoms with Crippen LogP contribution in [-0.4, -0.2) is 25.6 Å². The molecule has 0 aromatic heterocycles. The normalized spacial score (nSPS) is 12.6. The van der Waals surface area contributed by atoms with Crippen molar-refractivity contribution in [2.24, 2.45) is 5.73 Å². The largest absolute Gasteiger partial charge is 0.374 e. The molecule has 4 heteroatoms. The van der Waals surface area contributed by atoms with E-state index in [2.05, 4.69) is 24.3 Å². The summed E-state index contributed by atoms with van der Waals surface area (Å²) in [5, 5.41) is 0.753. The van der Waals surface area contributed by atoms with Crippen LogP contribution in [0.1, 0.15) is 18.5 Å². The lowest BCUT2D eigenvalue weighted by Crippen LogP contribution is -2.20. The van der Waals surface area contributed by atoms with Crippen LogP contribution in [-0.2, 0) is 0 Å². The van der Waals surface area contributed by atoms with E-state index >= 15 is 0 Å². The Bertz CT molecular complexity index is 342. The van der Waals surface area contributed by atoms with Gasteiger partial charge in [-0.05, 0) is 30.9 Å². The Morgan fingerprint density at radius 3 is 2.69 bits per heavy atom. The number of benzene rings is 1. The van der Waals surface area contributed by atoms with Gasteiger partial charge in [-0.2, -0.15) is 11.8 Å². The van der Waals surface area contributed by atoms with E-state index in [4.69, 9.17) is 17.3 Å². The molecule has 0 bridgehead atoms. The lowest BCUT2D eigenvalue weighted by atomic mass is 10.1. The van der Waals surface area contributed by atoms with Crippen LogP contribution < -0.4 is 10.6 Å². The highest BCUT2D eigenvalue weighted by molar-refractivity contribution is 7.98. The fourth-order valence-electron chi connectivity index (χ4n) is 1.48. The van der Waals surface area contributed by atoms with Gasteiger partial charge >= 0.3 is 0 Å². The first-order valence-electron chi connectivity index (χ1n) is 5.31. The summed E-state index contributed by atoms with van der Waals surface area (Å²) in [4.78, 5) is 2.20. The highest BCUT2D eigenvalue weighted by Crippen LogP contribution is 2.26. The van der Waals surface area contributed by atoms with Crippen molar-refractivity contribution < 1.29 is 0 Å². The van der Waals surface area contributed by atoms with Crippen molar-refractivity contribution in [2.75, 3.05) is 30.5 Å². The fourth-order valence-corrected chi connectivity index (χ4v) is 2.28. The first-order valence-corrected chi connectivity index (χ1v) is 7.08. The minimum atomic E-state index is -0.0157. The first kappa shape index (κ1) is 13.7. The summed E-state index contributed by atoms with van der Waals surface area (Å²) in [6, 6.07) is 6.06. The second-order valence-electron chi connectivity index (χ2n) is 3.91. The van der Waals surface area contributed by atoms with Crippen molar-refractivity contribution in [3.63, 3.8) is 0 Å². The summed E-state index contributed by atoms with van der Waals surface area (Å²) < 4.78 is 0. The third kappa shape index (κ3) is 3.58. The van der Waals surface area contributed by atoms with Gasteiger partial charge in [0.15, 0.2) is 0 Å². The zero-order valence-electron chi connectivity index (χ0n) is 10.0. The van der Waals surface area contributed by atoms with Crippen LogP contribution in [0.25, 0.3) is 0 Å². The molecule has 2 nitrogen and oxygen atoms in total. The second kappa shape index (κ2) is 6.38. The Morgan fingerprint density at radius 2 is 2.19 bits per heavy atom. The van der Waals surface area contributed by atoms with E-state index in [1.807, 2.05) is 30.8 Å². The molecule has 1 atom stereocenters. The van der Waals surface area contributed by atoms with Gasteiger partial charge in [-0.15, -0.1) is 0 Å². The summed E-state index contributed by atoms with van der Waals surface area (Å²) in [5.74, 6) is 1.11. The monoisotopic (exact) mass is 258 g/mol. The Kier molecular flexibility index (Phi) is 5.46. The smallest absolute Gasteiger partial charge is 0.0474 e. The average Bonchev–Trinajstić information content (AvgIpc) is 2.25. The second-order valence-corrected chi connectivity index (χ2v) is 5.30. The minimum Gasteiger partial charge on any atom is -0.374 e. The van der Waals surface area contributed by atoms with Crippen molar-refractivity contribution in [3.8, 4) is 0 Å². The molecule has 0 aliphatic rings. The maximum absolute atomic E-state index is 6.19. The average molecular weight is 259 g/mol. The van der Waals surface area contributed by atoms with Crippen LogP contribution in [0.2, 0.25) is 5.02 Å². The number of hydrogen-bond acceptors (Lipinski definition) is 3. The van der Waals surface area contributed by atoms with Gasteiger partial charge in [0.2, 0.25) is 0 Å². The Labute approximate surface area is 107 Å². The number of nitrogens with two attached hydrogens (primary N) is 1. The Hall–Kier alpha value is -0.380. The molecule has 90 valence electrons. The summed E-state index contributed by atoms with van der Waals surface area (Å²) in [5.41, 5.74) is 7.97. The standard InChI is InChI=1S/C12H19ClN2S/c1-9(14)11-5-4-10(8-12(11)13)15(2)6-7-16-3/h4-5,8-9H,6-7,14H2,1-3H3. The van der Waals surface area contributed by atoms with Crippen LogP contribution in [0.5, 0.6) is 0 Å². The van der Waals surface area contributed by atoms with Crippen LogP contribution in [0, 0.1) is 0 Å². The molecule has 0 aliphatic heterocycles. The van der Waals surface area contributed by atoms with E-state index in [1.54, 1.807) is 0 Å². The van der Waals surface area contributed by atoms with Gasteiger partial charge in [0.1, 0.15) is 0 Å². The summed E-state index contributed by atoms with van der Waals surface area (Å²) in [6.07, 6.45) is 2.11. The summed E-state index contributed by atoms with van der Waals surface area (Å²) in [7, 11) is 2.08. The van der Waals surface area contributed by atoms with Gasteiger partial charge in [-0.3, -0.25) is 0 Å². The van der Waals surface area contributed by atoms with Crippen molar-refractivity contribution in [1.29, 1.82) is 0 Å². The number of halogens is 1. The van der Waals surface area contributed by atoms with Gasteiger partial charge in [-0.1, -0.05) is 17.7 Å². The molecule has 1 aromatic rings. The Morgan fingerprint density at radius 1 is 1.50 bits per heavy atom. The van der Waals surface area contributed by atoms with Gasteiger partial charge in [0.25, 0.3) is 0 Å². The molecule has 0 fully saturated rings. The molecular weight excluding hydrogens is 240 g/mol. The number of anilines is 1. The van der Waals surface area contributed by atoms with E-state index in [9.17, 15) is 0 Å². The molecule has 0 spiro atoms. The first-order chi connectivity index (χ1) is 7.56. The molecule has 0 aliphatic carbocycles. The van der Waals surface area contributed by atoms with Crippen LogP contribution >= 0.6 is 23.4 Å². The van der Waals surface area contributed by atoms with E-state index in [1.165, 1.54) is 0 Å². The highest BCUT2D eigenvalue weighted by Gasteiger charge is 2.07. The fraction of sp³-hybridized carbons (Fsp3) is 0.500. The predicted molar refractivity (Wildman–Crippen MR) is 75.7 cm³/mol. The molecule has 16 heavy (non-hydrogen) atoms. The maximum Gasteiger partial charge on any atom is 0.0474 e. The third-order valence-corrected chi connectivity index (χ3v) is 3.46. The Balaban J connectivity index is 2.80. The van der Waals surface area contributed by atoms with Gasteiger partial charge < -0.3 is 10.6 Å². The van der Waals surface area contributed by atoms with Crippen LogP contribution in [0.4, 0.5) is 5.69 Å². The number of rotatable bonds is 5. The quantitative estimate of drug-likeness (QED) is 0.880. The molecule has 0 saturated heterocycles. The summed E-state index contributed by atoms with van der Waals surface area (Å²) >= 11 is 8.03. The maximum atomic E-state index is 6.19. The third-order valence-electron chi connectivity index (χ3n) is 2.55. The van der Waals surface area contributed by atoms with Crippen LogP contribution in [0.15, 0.2) is 18.2 Å².